The molecule has 0 bridgehead atoms. The molecule has 1 aromatic rings. The van der Waals surface area contributed by atoms with E-state index >= 15 is 0 Å². The molecule has 5 heteroatoms. The molecule has 2 unspecified atom stereocenters. The van der Waals surface area contributed by atoms with Crippen LogP contribution in [0.4, 0.5) is 10.1 Å². The van der Waals surface area contributed by atoms with Gasteiger partial charge in [0.2, 0.25) is 0 Å². The van der Waals surface area contributed by atoms with Crippen LogP contribution in [0.25, 0.3) is 0 Å². The lowest BCUT2D eigenvalue weighted by molar-refractivity contribution is 0.277. The van der Waals surface area contributed by atoms with Crippen LogP contribution in [0.1, 0.15) is 39.5 Å². The predicted molar refractivity (Wildman–Crippen MR) is 95.1 cm³/mol. The molecule has 0 aromatic heterocycles. The van der Waals surface area contributed by atoms with Crippen molar-refractivity contribution >= 4 is 11.6 Å². The standard InChI is InChI=1S/C18H29FN4/c1-13(2)22-18(23-17-8-4-7-16(19)10-17)21-12-15-6-3-5-14(9-15)11-20/h4,7-8,10,13-15H,3,5-6,9,11-12,20H2,1-2H3,(H2,21,22,23). The fourth-order valence-electron chi connectivity index (χ4n) is 3.10. The predicted octanol–water partition coefficient (Wildman–Crippen LogP) is 3.36. The number of hydrogen-bond donors (Lipinski definition) is 3. The fourth-order valence-corrected chi connectivity index (χ4v) is 3.10. The van der Waals surface area contributed by atoms with E-state index in [4.69, 9.17) is 10.7 Å². The molecule has 0 heterocycles. The van der Waals surface area contributed by atoms with Crippen LogP contribution < -0.4 is 16.4 Å². The van der Waals surface area contributed by atoms with Crippen molar-refractivity contribution in [3.05, 3.63) is 30.1 Å². The number of nitrogens with zero attached hydrogens (tertiary/aromatic N) is 1. The molecule has 1 fully saturated rings. The van der Waals surface area contributed by atoms with Crippen LogP contribution in [0, 0.1) is 17.7 Å². The third-order valence-electron chi connectivity index (χ3n) is 4.25. The maximum Gasteiger partial charge on any atom is 0.196 e. The number of anilines is 1. The number of nitrogens with one attached hydrogen (secondary N) is 2. The highest BCUT2D eigenvalue weighted by atomic mass is 19.1. The van der Waals surface area contributed by atoms with E-state index < -0.39 is 0 Å². The third kappa shape index (κ3) is 6.18. The molecule has 4 N–H and O–H groups in total. The van der Waals surface area contributed by atoms with Gasteiger partial charge in [-0.1, -0.05) is 12.5 Å². The summed E-state index contributed by atoms with van der Waals surface area (Å²) in [6.45, 7) is 5.69. The van der Waals surface area contributed by atoms with Gasteiger partial charge in [0, 0.05) is 18.3 Å². The van der Waals surface area contributed by atoms with Gasteiger partial charge in [-0.05, 0) is 69.7 Å². The highest BCUT2D eigenvalue weighted by Crippen LogP contribution is 2.28. The summed E-state index contributed by atoms with van der Waals surface area (Å²) in [7, 11) is 0. The molecule has 2 atom stereocenters. The Balaban J connectivity index is 1.99. The normalized spacial score (nSPS) is 22.2. The smallest absolute Gasteiger partial charge is 0.196 e. The van der Waals surface area contributed by atoms with Gasteiger partial charge >= 0.3 is 0 Å². The Morgan fingerprint density at radius 3 is 2.83 bits per heavy atom. The molecule has 1 aliphatic carbocycles. The number of benzene rings is 1. The molecule has 1 saturated carbocycles. The zero-order valence-electron chi connectivity index (χ0n) is 14.2. The van der Waals surface area contributed by atoms with Gasteiger partial charge in [0.15, 0.2) is 5.96 Å². The summed E-state index contributed by atoms with van der Waals surface area (Å²) in [6.07, 6.45) is 4.87. The minimum absolute atomic E-state index is 0.253. The third-order valence-corrected chi connectivity index (χ3v) is 4.25. The molecule has 4 nitrogen and oxygen atoms in total. The summed E-state index contributed by atoms with van der Waals surface area (Å²) >= 11 is 0. The summed E-state index contributed by atoms with van der Waals surface area (Å²) < 4.78 is 13.3. The van der Waals surface area contributed by atoms with Gasteiger partial charge < -0.3 is 16.4 Å². The molecular formula is C18H29FN4. The lowest BCUT2D eigenvalue weighted by Crippen LogP contribution is -2.36. The Morgan fingerprint density at radius 1 is 1.35 bits per heavy atom. The van der Waals surface area contributed by atoms with E-state index in [1.807, 2.05) is 6.07 Å². The largest absolute Gasteiger partial charge is 0.354 e. The molecule has 0 saturated heterocycles. The van der Waals surface area contributed by atoms with Gasteiger partial charge in [0.05, 0.1) is 0 Å². The van der Waals surface area contributed by atoms with Crippen molar-refractivity contribution in [2.75, 3.05) is 18.4 Å². The Kier molecular flexibility index (Phi) is 6.84. The molecule has 128 valence electrons. The Labute approximate surface area is 138 Å². The first kappa shape index (κ1) is 17.7. The van der Waals surface area contributed by atoms with Crippen LogP contribution in [0.2, 0.25) is 0 Å². The Hall–Kier alpha value is -1.62. The highest BCUT2D eigenvalue weighted by molar-refractivity contribution is 5.93. The number of rotatable bonds is 5. The summed E-state index contributed by atoms with van der Waals surface area (Å²) in [6, 6.07) is 6.71. The first-order chi connectivity index (χ1) is 11.1. The molecule has 0 radical (unpaired) electrons. The topological polar surface area (TPSA) is 62.4 Å². The van der Waals surface area contributed by atoms with E-state index in [1.165, 1.54) is 31.4 Å². The van der Waals surface area contributed by atoms with Crippen LogP contribution >= 0.6 is 0 Å². The number of halogens is 1. The second-order valence-corrected chi connectivity index (χ2v) is 6.76. The Bertz CT molecular complexity index is 515. The van der Waals surface area contributed by atoms with Gasteiger partial charge in [-0.15, -0.1) is 0 Å². The molecular weight excluding hydrogens is 291 g/mol. The van der Waals surface area contributed by atoms with Crippen molar-refractivity contribution in [2.24, 2.45) is 22.6 Å². The van der Waals surface area contributed by atoms with Crippen LogP contribution in [0.3, 0.4) is 0 Å². The number of guanidine groups is 1. The van der Waals surface area contributed by atoms with E-state index in [2.05, 4.69) is 24.5 Å². The van der Waals surface area contributed by atoms with Gasteiger partial charge in [-0.25, -0.2) is 4.39 Å². The second-order valence-electron chi connectivity index (χ2n) is 6.76. The van der Waals surface area contributed by atoms with Crippen LogP contribution in [0.5, 0.6) is 0 Å². The van der Waals surface area contributed by atoms with Gasteiger partial charge in [0.1, 0.15) is 5.82 Å². The first-order valence-electron chi connectivity index (χ1n) is 8.60. The van der Waals surface area contributed by atoms with Gasteiger partial charge in [-0.3, -0.25) is 4.99 Å². The van der Waals surface area contributed by atoms with Crippen molar-refractivity contribution in [3.63, 3.8) is 0 Å². The van der Waals surface area contributed by atoms with Crippen molar-refractivity contribution in [1.29, 1.82) is 0 Å². The first-order valence-corrected chi connectivity index (χ1v) is 8.60. The van der Waals surface area contributed by atoms with Crippen LogP contribution in [-0.4, -0.2) is 25.1 Å². The zero-order chi connectivity index (χ0) is 16.7. The molecule has 0 amide bonds. The van der Waals surface area contributed by atoms with E-state index in [0.29, 0.717) is 23.5 Å². The van der Waals surface area contributed by atoms with Crippen LogP contribution in [-0.2, 0) is 0 Å². The Morgan fingerprint density at radius 2 is 2.13 bits per heavy atom. The summed E-state index contributed by atoms with van der Waals surface area (Å²) in [5.41, 5.74) is 6.52. The van der Waals surface area contributed by atoms with E-state index in [0.717, 1.165) is 19.5 Å². The second kappa shape index (κ2) is 8.87. The van der Waals surface area contributed by atoms with E-state index in [9.17, 15) is 4.39 Å². The van der Waals surface area contributed by atoms with Crippen LogP contribution in [0.15, 0.2) is 29.3 Å². The molecule has 2 rings (SSSR count). The van der Waals surface area contributed by atoms with Crippen molar-refractivity contribution < 1.29 is 4.39 Å². The number of hydrogen-bond acceptors (Lipinski definition) is 2. The van der Waals surface area contributed by atoms with Gasteiger partial charge in [-0.2, -0.15) is 0 Å². The molecule has 0 spiro atoms. The fraction of sp³-hybridized carbons (Fsp3) is 0.611. The van der Waals surface area contributed by atoms with E-state index in [-0.39, 0.29) is 11.9 Å². The average molecular weight is 320 g/mol. The van der Waals surface area contributed by atoms with Gasteiger partial charge in [0.25, 0.3) is 0 Å². The summed E-state index contributed by atoms with van der Waals surface area (Å²) in [5.74, 6) is 1.69. The molecule has 0 aliphatic heterocycles. The quantitative estimate of drug-likeness (QED) is 0.576. The summed E-state index contributed by atoms with van der Waals surface area (Å²) in [5, 5.41) is 6.49. The average Bonchev–Trinajstić information content (AvgIpc) is 2.52. The summed E-state index contributed by atoms with van der Waals surface area (Å²) in [4.78, 5) is 4.71. The minimum atomic E-state index is -0.253. The highest BCUT2D eigenvalue weighted by Gasteiger charge is 2.20. The lowest BCUT2D eigenvalue weighted by Gasteiger charge is -2.27. The molecule has 1 aromatic carbocycles. The lowest BCUT2D eigenvalue weighted by atomic mass is 9.81. The minimum Gasteiger partial charge on any atom is -0.354 e. The zero-order valence-corrected chi connectivity index (χ0v) is 14.2. The number of nitrogens with two attached hydrogens (primary N) is 1. The monoisotopic (exact) mass is 320 g/mol. The maximum atomic E-state index is 13.3. The van der Waals surface area contributed by atoms with E-state index in [1.54, 1.807) is 6.07 Å². The SMILES string of the molecule is CC(C)NC(=NCC1CCCC(CN)C1)Nc1cccc(F)c1. The van der Waals surface area contributed by atoms with Crippen molar-refractivity contribution in [2.45, 2.75) is 45.6 Å². The number of aliphatic imine (C=N–C) groups is 1. The van der Waals surface area contributed by atoms with Crippen molar-refractivity contribution in [3.8, 4) is 0 Å². The van der Waals surface area contributed by atoms with Crippen molar-refractivity contribution in [1.82, 2.24) is 5.32 Å². The maximum absolute atomic E-state index is 13.3. The molecule has 23 heavy (non-hydrogen) atoms. The molecule has 1 aliphatic rings.